The average Bonchev–Trinajstić information content (AvgIpc) is 2.72. The summed E-state index contributed by atoms with van der Waals surface area (Å²) in [7, 11) is 1.27. The van der Waals surface area contributed by atoms with Gasteiger partial charge in [-0.1, -0.05) is 24.3 Å². The third kappa shape index (κ3) is 3.88. The monoisotopic (exact) mass is 380 g/mol. The van der Waals surface area contributed by atoms with Crippen LogP contribution < -0.4 is 15.6 Å². The number of benzene rings is 2. The van der Waals surface area contributed by atoms with Gasteiger partial charge in [0.2, 0.25) is 0 Å². The number of aryl methyl sites for hydroxylation is 1. The predicted octanol–water partition coefficient (Wildman–Crippen LogP) is 2.83. The number of hydrogen-bond acceptors (Lipinski definition) is 5. The van der Waals surface area contributed by atoms with E-state index in [0.717, 1.165) is 10.9 Å². The lowest BCUT2D eigenvalue weighted by molar-refractivity contribution is -0.118. The summed E-state index contributed by atoms with van der Waals surface area (Å²) in [6, 6.07) is 15.2. The number of carbonyl (C=O) groups is 2. The number of fused-ring (bicyclic) bond motifs is 1. The molecule has 0 aliphatic carbocycles. The normalized spacial score (nSPS) is 10.5. The first-order valence-electron chi connectivity index (χ1n) is 8.77. The number of pyridine rings is 1. The number of carbonyl (C=O) groups excluding carboxylic acids is 2. The topological polar surface area (TPSA) is 86.6 Å². The zero-order valence-corrected chi connectivity index (χ0v) is 15.6. The maximum atomic E-state index is 12.3. The molecule has 1 heterocycles. The maximum Gasteiger partial charge on any atom is 0.339 e. The van der Waals surface area contributed by atoms with Crippen LogP contribution in [0.1, 0.15) is 17.3 Å². The SMILES string of the molecule is CCn1c(=O)cc(OCC(=O)Nc2ccccc2C(=O)OC)c2ccccc21. The van der Waals surface area contributed by atoms with Crippen molar-refractivity contribution in [3.8, 4) is 5.75 Å². The molecule has 0 spiro atoms. The third-order valence-electron chi connectivity index (χ3n) is 4.26. The highest BCUT2D eigenvalue weighted by Crippen LogP contribution is 2.23. The van der Waals surface area contributed by atoms with Crippen LogP contribution in [0.5, 0.6) is 5.75 Å². The Labute approximate surface area is 161 Å². The van der Waals surface area contributed by atoms with Gasteiger partial charge in [0.1, 0.15) is 5.75 Å². The fourth-order valence-electron chi connectivity index (χ4n) is 2.96. The molecular formula is C21H20N2O5. The molecule has 0 fully saturated rings. The highest BCUT2D eigenvalue weighted by molar-refractivity contribution is 6.01. The molecule has 0 aliphatic rings. The van der Waals surface area contributed by atoms with Crippen molar-refractivity contribution < 1.29 is 19.1 Å². The van der Waals surface area contributed by atoms with Crippen LogP contribution in [-0.2, 0) is 16.1 Å². The number of rotatable bonds is 6. The summed E-state index contributed by atoms with van der Waals surface area (Å²) in [6.07, 6.45) is 0. The van der Waals surface area contributed by atoms with Gasteiger partial charge < -0.3 is 19.4 Å². The summed E-state index contributed by atoms with van der Waals surface area (Å²) in [5, 5.41) is 3.38. The fourth-order valence-corrected chi connectivity index (χ4v) is 2.96. The van der Waals surface area contributed by atoms with E-state index < -0.39 is 11.9 Å². The molecule has 1 aromatic heterocycles. The number of anilines is 1. The Balaban J connectivity index is 1.80. The minimum atomic E-state index is -0.550. The van der Waals surface area contributed by atoms with E-state index in [4.69, 9.17) is 9.47 Å². The van der Waals surface area contributed by atoms with Crippen molar-refractivity contribution in [3.63, 3.8) is 0 Å². The van der Waals surface area contributed by atoms with Crippen LogP contribution in [0.3, 0.4) is 0 Å². The highest BCUT2D eigenvalue weighted by atomic mass is 16.5. The predicted molar refractivity (Wildman–Crippen MR) is 106 cm³/mol. The van der Waals surface area contributed by atoms with Gasteiger partial charge in [-0.2, -0.15) is 0 Å². The molecule has 7 heteroatoms. The van der Waals surface area contributed by atoms with Gasteiger partial charge in [0, 0.05) is 18.0 Å². The summed E-state index contributed by atoms with van der Waals surface area (Å²) in [5.74, 6) is -0.673. The molecule has 0 aliphatic heterocycles. The van der Waals surface area contributed by atoms with Crippen molar-refractivity contribution in [1.82, 2.24) is 4.57 Å². The van der Waals surface area contributed by atoms with Crippen molar-refractivity contribution in [1.29, 1.82) is 0 Å². The summed E-state index contributed by atoms with van der Waals surface area (Å²) in [4.78, 5) is 36.4. The number of hydrogen-bond donors (Lipinski definition) is 1. The number of aromatic nitrogens is 1. The van der Waals surface area contributed by atoms with Crippen molar-refractivity contribution >= 4 is 28.5 Å². The van der Waals surface area contributed by atoms with Crippen LogP contribution in [0.15, 0.2) is 59.4 Å². The molecule has 3 rings (SSSR count). The van der Waals surface area contributed by atoms with E-state index in [0.29, 0.717) is 18.0 Å². The number of amides is 1. The van der Waals surface area contributed by atoms with E-state index in [-0.39, 0.29) is 17.7 Å². The van der Waals surface area contributed by atoms with E-state index in [9.17, 15) is 14.4 Å². The lowest BCUT2D eigenvalue weighted by Crippen LogP contribution is -2.23. The standard InChI is InChI=1S/C21H20N2O5/c1-3-23-17-11-7-5-9-15(17)18(12-20(23)25)28-13-19(24)22-16-10-6-4-8-14(16)21(26)27-2/h4-12H,3,13H2,1-2H3,(H,22,24). The molecule has 0 saturated heterocycles. The maximum absolute atomic E-state index is 12.3. The van der Waals surface area contributed by atoms with Crippen LogP contribution in [0, 0.1) is 0 Å². The quantitative estimate of drug-likeness (QED) is 0.665. The van der Waals surface area contributed by atoms with Gasteiger partial charge in [0.05, 0.1) is 23.9 Å². The van der Waals surface area contributed by atoms with Crippen LogP contribution in [0.4, 0.5) is 5.69 Å². The molecule has 1 N–H and O–H groups in total. The van der Waals surface area contributed by atoms with Crippen molar-refractivity contribution in [2.24, 2.45) is 0 Å². The zero-order chi connectivity index (χ0) is 20.1. The van der Waals surface area contributed by atoms with Gasteiger partial charge in [-0.15, -0.1) is 0 Å². The molecule has 7 nitrogen and oxygen atoms in total. The number of para-hydroxylation sites is 2. The van der Waals surface area contributed by atoms with E-state index >= 15 is 0 Å². The van der Waals surface area contributed by atoms with E-state index in [1.165, 1.54) is 13.2 Å². The highest BCUT2D eigenvalue weighted by Gasteiger charge is 2.14. The third-order valence-corrected chi connectivity index (χ3v) is 4.26. The number of ether oxygens (including phenoxy) is 2. The molecule has 2 aromatic carbocycles. The minimum Gasteiger partial charge on any atom is -0.483 e. The van der Waals surface area contributed by atoms with Gasteiger partial charge >= 0.3 is 5.97 Å². The van der Waals surface area contributed by atoms with Gasteiger partial charge in [-0.25, -0.2) is 4.79 Å². The molecule has 0 atom stereocenters. The number of esters is 1. The second-order valence-corrected chi connectivity index (χ2v) is 5.98. The fraction of sp³-hybridized carbons (Fsp3) is 0.190. The summed E-state index contributed by atoms with van der Waals surface area (Å²) in [6.45, 7) is 2.11. The molecule has 28 heavy (non-hydrogen) atoms. The van der Waals surface area contributed by atoms with E-state index in [1.807, 2.05) is 31.2 Å². The number of methoxy groups -OCH3 is 1. The largest absolute Gasteiger partial charge is 0.483 e. The lowest BCUT2D eigenvalue weighted by Gasteiger charge is -2.13. The second-order valence-electron chi connectivity index (χ2n) is 5.98. The Kier molecular flexibility index (Phi) is 5.74. The Morgan fingerprint density at radius 1 is 1.07 bits per heavy atom. The summed E-state index contributed by atoms with van der Waals surface area (Å²) < 4.78 is 12.0. The Bertz CT molecular complexity index is 1090. The van der Waals surface area contributed by atoms with E-state index in [1.54, 1.807) is 28.8 Å². The molecule has 0 unspecified atom stereocenters. The zero-order valence-electron chi connectivity index (χ0n) is 15.6. The van der Waals surface area contributed by atoms with Crippen LogP contribution in [0.25, 0.3) is 10.9 Å². The minimum absolute atomic E-state index is 0.201. The average molecular weight is 380 g/mol. The number of nitrogens with zero attached hydrogens (tertiary/aromatic N) is 1. The first-order valence-corrected chi connectivity index (χ1v) is 8.77. The van der Waals surface area contributed by atoms with Gasteiger partial charge in [-0.05, 0) is 31.2 Å². The Hall–Kier alpha value is -3.61. The Morgan fingerprint density at radius 2 is 1.79 bits per heavy atom. The number of nitrogens with one attached hydrogen (secondary N) is 1. The van der Waals surface area contributed by atoms with Gasteiger partial charge in [-0.3, -0.25) is 9.59 Å². The lowest BCUT2D eigenvalue weighted by atomic mass is 10.2. The van der Waals surface area contributed by atoms with Gasteiger partial charge in [0.25, 0.3) is 11.5 Å². The smallest absolute Gasteiger partial charge is 0.339 e. The second kappa shape index (κ2) is 8.39. The molecule has 0 saturated carbocycles. The summed E-state index contributed by atoms with van der Waals surface area (Å²) in [5.41, 5.74) is 1.11. The van der Waals surface area contributed by atoms with Gasteiger partial charge in [0.15, 0.2) is 6.61 Å². The Morgan fingerprint density at radius 3 is 2.54 bits per heavy atom. The van der Waals surface area contributed by atoms with Crippen LogP contribution in [-0.4, -0.2) is 30.2 Å². The summed E-state index contributed by atoms with van der Waals surface area (Å²) >= 11 is 0. The van der Waals surface area contributed by atoms with Crippen LogP contribution >= 0.6 is 0 Å². The first kappa shape index (κ1) is 19.2. The van der Waals surface area contributed by atoms with Crippen molar-refractivity contribution in [2.75, 3.05) is 19.0 Å². The molecule has 0 radical (unpaired) electrons. The molecule has 0 bridgehead atoms. The molecule has 1 amide bonds. The van der Waals surface area contributed by atoms with Crippen molar-refractivity contribution in [3.05, 3.63) is 70.5 Å². The van der Waals surface area contributed by atoms with Crippen molar-refractivity contribution in [2.45, 2.75) is 13.5 Å². The molecule has 3 aromatic rings. The first-order chi connectivity index (χ1) is 13.5. The van der Waals surface area contributed by atoms with Crippen LogP contribution in [0.2, 0.25) is 0 Å². The van der Waals surface area contributed by atoms with E-state index in [2.05, 4.69) is 5.32 Å². The molecular weight excluding hydrogens is 360 g/mol. The molecule has 144 valence electrons.